The fraction of sp³-hybridized carbons (Fsp3) is 0. The molecule has 0 rings (SSSR count). The molecule has 2 heteroatoms. The number of hydrogen-bond acceptors (Lipinski definition) is 1. The first-order valence-corrected chi connectivity index (χ1v) is 2.00. The Morgan fingerprint density at radius 2 is 0.400 bits per heavy atom. The quantitative estimate of drug-likeness (QED) is 0.526. The van der Waals surface area contributed by atoms with Crippen molar-refractivity contribution < 1.29 is 5.48 Å². The smallest absolute Gasteiger partial charge is 0.106 e. The summed E-state index contributed by atoms with van der Waals surface area (Å²) in [5.74, 6) is 0. The van der Waals surface area contributed by atoms with Gasteiger partial charge in [0.25, 0.3) is 0 Å². The van der Waals surface area contributed by atoms with Crippen molar-refractivity contribution in [2.24, 2.45) is 0 Å². The molecule has 0 amide bonds. The molecule has 0 unspecified atom stereocenters. The summed E-state index contributed by atoms with van der Waals surface area (Å²) in [6, 6.07) is 0. The molecule has 0 saturated carbocycles. The standard InChI is InChI=1S/4C2H4.H3N.H2O/c4*1-2;;/h4*1-2H2;1H3;1H2. The third-order valence-electron chi connectivity index (χ3n) is 0. The number of hydrogen-bond donors (Lipinski definition) is 1. The van der Waals surface area contributed by atoms with Crippen LogP contribution in [0.3, 0.4) is 0 Å². The molecule has 0 heterocycles. The first-order chi connectivity index (χ1) is 4.00. The van der Waals surface area contributed by atoms with Crippen molar-refractivity contribution >= 4 is 0 Å². The summed E-state index contributed by atoms with van der Waals surface area (Å²) in [6.45, 7) is 24.0. The molecule has 0 aliphatic heterocycles. The van der Waals surface area contributed by atoms with Crippen LogP contribution in [0.5, 0.6) is 0 Å². The van der Waals surface area contributed by atoms with E-state index in [9.17, 15) is 0 Å². The molecule has 0 aliphatic carbocycles. The largest absolute Gasteiger partial charge is 0.412 e. The summed E-state index contributed by atoms with van der Waals surface area (Å²) in [4.78, 5) is 0. The Morgan fingerprint density at radius 1 is 0.400 bits per heavy atom. The monoisotopic (exact) mass is 147 g/mol. The van der Waals surface area contributed by atoms with Gasteiger partial charge in [-0.1, -0.05) is 0 Å². The van der Waals surface area contributed by atoms with E-state index in [1.807, 2.05) is 0 Å². The highest BCUT2D eigenvalue weighted by Crippen LogP contribution is 0.868. The van der Waals surface area contributed by atoms with Crippen molar-refractivity contribution in [3.05, 3.63) is 52.6 Å². The highest BCUT2D eigenvalue weighted by Gasteiger charge is 0.607. The van der Waals surface area contributed by atoms with Gasteiger partial charge >= 0.3 is 0 Å². The van der Waals surface area contributed by atoms with Gasteiger partial charge in [-0.3, -0.25) is 0 Å². The summed E-state index contributed by atoms with van der Waals surface area (Å²) >= 11 is 0. The highest BCUT2D eigenvalue weighted by molar-refractivity contribution is 4.23. The SMILES string of the molecule is C=C.C=C.C=C.C=C.N.O. The topological polar surface area (TPSA) is 66.5 Å². The van der Waals surface area contributed by atoms with Gasteiger partial charge in [-0.05, 0) is 0 Å². The molecule has 5 N–H and O–H groups in total. The third kappa shape index (κ3) is 190. The number of rotatable bonds is 0. The lowest BCUT2D eigenvalue weighted by Crippen LogP contribution is -0.552. The van der Waals surface area contributed by atoms with Gasteiger partial charge in [-0.15, -0.1) is 52.6 Å². The minimum absolute atomic E-state index is 0. The summed E-state index contributed by atoms with van der Waals surface area (Å²) < 4.78 is 0. The van der Waals surface area contributed by atoms with Crippen LogP contribution in [0.2, 0.25) is 0 Å². The fourth-order valence-corrected chi connectivity index (χ4v) is 0. The van der Waals surface area contributed by atoms with Gasteiger partial charge in [0.1, 0.15) is 0 Å². The van der Waals surface area contributed by atoms with Gasteiger partial charge < -0.3 is 11.6 Å². The molecule has 0 fully saturated rings. The van der Waals surface area contributed by atoms with E-state index < -0.39 is 0 Å². The van der Waals surface area contributed by atoms with Crippen LogP contribution in [0.1, 0.15) is 0 Å². The van der Waals surface area contributed by atoms with Crippen molar-refractivity contribution in [1.29, 1.82) is 0 Å². The Bertz CT molecular complexity index is 17.2. The first kappa shape index (κ1) is 66.5. The molecule has 0 aliphatic rings. The normalized spacial score (nSPS) is 1.60. The Morgan fingerprint density at radius 3 is 0.400 bits per heavy atom. The summed E-state index contributed by atoms with van der Waals surface area (Å²) in [6.07, 6.45) is 0. The maximum Gasteiger partial charge on any atom is -0.106 e. The van der Waals surface area contributed by atoms with Crippen LogP contribution in [0, 0.1) is 0 Å². The molecule has 0 spiro atoms. The van der Waals surface area contributed by atoms with E-state index in [0.717, 1.165) is 0 Å². The van der Waals surface area contributed by atoms with Crippen molar-refractivity contribution in [1.82, 2.24) is 6.15 Å². The zero-order valence-corrected chi connectivity index (χ0v) is 6.86. The molecule has 0 aromatic rings. The van der Waals surface area contributed by atoms with E-state index in [2.05, 4.69) is 52.6 Å². The predicted octanol–water partition coefficient (Wildman–Crippen LogP) is 2.55. The van der Waals surface area contributed by atoms with E-state index in [1.54, 1.807) is 0 Å². The minimum Gasteiger partial charge on any atom is -0.412 e. The molecule has 64 valence electrons. The van der Waals surface area contributed by atoms with Gasteiger partial charge in [-0.2, -0.15) is 0 Å². The van der Waals surface area contributed by atoms with Gasteiger partial charge in [0, 0.05) is 0 Å². The van der Waals surface area contributed by atoms with Crippen LogP contribution in [-0.4, -0.2) is 5.48 Å². The maximum atomic E-state index is 3.00. The summed E-state index contributed by atoms with van der Waals surface area (Å²) in [5, 5.41) is 0. The second-order valence-corrected chi connectivity index (χ2v) is 0. The fourth-order valence-electron chi connectivity index (χ4n) is 0. The predicted molar refractivity (Wildman–Crippen MR) is 53.7 cm³/mol. The van der Waals surface area contributed by atoms with E-state index in [4.69, 9.17) is 0 Å². The van der Waals surface area contributed by atoms with Crippen LogP contribution in [-0.2, 0) is 0 Å². The van der Waals surface area contributed by atoms with Gasteiger partial charge in [0.15, 0.2) is 0 Å². The van der Waals surface area contributed by atoms with E-state index >= 15 is 0 Å². The Hall–Kier alpha value is -1.12. The van der Waals surface area contributed by atoms with Crippen molar-refractivity contribution in [2.75, 3.05) is 0 Å². The maximum absolute atomic E-state index is 3.00. The summed E-state index contributed by atoms with van der Waals surface area (Å²) in [5.41, 5.74) is 0. The van der Waals surface area contributed by atoms with Crippen LogP contribution >= 0.6 is 0 Å². The Kier molecular flexibility index (Phi) is 1980. The van der Waals surface area contributed by atoms with Gasteiger partial charge in [0.2, 0.25) is 0 Å². The second-order valence-electron chi connectivity index (χ2n) is 0. The second kappa shape index (κ2) is 297. The molecule has 0 saturated heterocycles. The summed E-state index contributed by atoms with van der Waals surface area (Å²) in [7, 11) is 0. The van der Waals surface area contributed by atoms with Crippen LogP contribution in [0.15, 0.2) is 52.6 Å². The van der Waals surface area contributed by atoms with Gasteiger partial charge in [0.05, 0.1) is 0 Å². The third-order valence-corrected chi connectivity index (χ3v) is 0. The van der Waals surface area contributed by atoms with Crippen LogP contribution in [0.25, 0.3) is 0 Å². The van der Waals surface area contributed by atoms with Crippen molar-refractivity contribution in [3.63, 3.8) is 0 Å². The zero-order chi connectivity index (χ0) is 8.00. The zero-order valence-electron chi connectivity index (χ0n) is 6.86. The molecular formula is C8H21NO. The minimum atomic E-state index is 0. The van der Waals surface area contributed by atoms with E-state index in [1.165, 1.54) is 0 Å². The Labute approximate surface area is 65.2 Å². The molecule has 10 heavy (non-hydrogen) atoms. The van der Waals surface area contributed by atoms with Crippen LogP contribution < -0.4 is 6.15 Å². The lowest BCUT2D eigenvalue weighted by Gasteiger charge is -0.813. The average molecular weight is 147 g/mol. The molecule has 0 bridgehead atoms. The lowest BCUT2D eigenvalue weighted by atomic mass is 11.3. The van der Waals surface area contributed by atoms with E-state index in [-0.39, 0.29) is 11.6 Å². The Balaban J connectivity index is -0.00000000500. The molecule has 0 aromatic heterocycles. The van der Waals surface area contributed by atoms with Crippen LogP contribution in [0.4, 0.5) is 0 Å². The molecule has 0 aromatic carbocycles. The molecule has 0 radical (unpaired) electrons. The lowest BCUT2D eigenvalue weighted by molar-refractivity contribution is 0.824. The first-order valence-electron chi connectivity index (χ1n) is 2.00. The van der Waals surface area contributed by atoms with E-state index in [0.29, 0.717) is 0 Å². The molecular weight excluding hydrogens is 126 g/mol. The van der Waals surface area contributed by atoms with Crippen molar-refractivity contribution in [3.8, 4) is 0 Å². The highest BCUT2D eigenvalue weighted by atomic mass is 16.0. The van der Waals surface area contributed by atoms with Gasteiger partial charge in [-0.25, -0.2) is 0 Å². The van der Waals surface area contributed by atoms with Crippen molar-refractivity contribution in [2.45, 2.75) is 0 Å². The molecule has 0 atom stereocenters. The molecule has 2 nitrogen and oxygen atoms in total. The average Bonchev–Trinajstić information content (AvgIpc) is 2.03.